The van der Waals surface area contributed by atoms with Crippen LogP contribution in [0.4, 0.5) is 4.79 Å². The number of nitrogens with one attached hydrogen (secondary N) is 1. The maximum absolute atomic E-state index is 11.8. The van der Waals surface area contributed by atoms with Gasteiger partial charge in [-0.05, 0) is 17.2 Å². The minimum absolute atomic E-state index is 0.140. The second-order valence-corrected chi connectivity index (χ2v) is 4.97. The molecule has 0 bridgehead atoms. The summed E-state index contributed by atoms with van der Waals surface area (Å²) in [4.78, 5) is 23.4. The largest absolute Gasteiger partial charge is 0.452 e. The molecule has 1 N–H and O–H groups in total. The number of hydrogen-bond donors (Lipinski definition) is 1. The van der Waals surface area contributed by atoms with Gasteiger partial charge in [0.05, 0.1) is 0 Å². The first-order valence-electron chi connectivity index (χ1n) is 7.50. The number of carbonyl (C=O) groups excluding carboxylic acids is 2. The lowest BCUT2D eigenvalue weighted by Crippen LogP contribution is -2.31. The second-order valence-electron chi connectivity index (χ2n) is 4.97. The molecular formula is C19H19NO4. The van der Waals surface area contributed by atoms with Gasteiger partial charge in [-0.2, -0.15) is 0 Å². The van der Waals surface area contributed by atoms with Gasteiger partial charge in [-0.25, -0.2) is 4.79 Å². The minimum Gasteiger partial charge on any atom is -0.452 e. The zero-order valence-electron chi connectivity index (χ0n) is 13.2. The van der Waals surface area contributed by atoms with E-state index in [0.717, 1.165) is 11.1 Å². The highest BCUT2D eigenvalue weighted by atomic mass is 16.6. The van der Waals surface area contributed by atoms with Crippen molar-refractivity contribution in [3.05, 3.63) is 84.4 Å². The third kappa shape index (κ3) is 5.61. The molecule has 124 valence electrons. The monoisotopic (exact) mass is 325 g/mol. The summed E-state index contributed by atoms with van der Waals surface area (Å²) in [7, 11) is 0. The van der Waals surface area contributed by atoms with Crippen LogP contribution in [0, 0.1) is 0 Å². The van der Waals surface area contributed by atoms with E-state index in [1.54, 1.807) is 0 Å². The fourth-order valence-corrected chi connectivity index (χ4v) is 2.00. The summed E-state index contributed by atoms with van der Waals surface area (Å²) in [6, 6.07) is 18.5. The number of amides is 1. The van der Waals surface area contributed by atoms with Gasteiger partial charge >= 0.3 is 12.1 Å². The lowest BCUT2D eigenvalue weighted by atomic mass is 10.1. The average molecular weight is 325 g/mol. The molecule has 0 unspecified atom stereocenters. The summed E-state index contributed by atoms with van der Waals surface area (Å²) in [5, 5.41) is 2.36. The van der Waals surface area contributed by atoms with E-state index in [9.17, 15) is 9.59 Å². The van der Waals surface area contributed by atoms with Crippen molar-refractivity contribution < 1.29 is 19.1 Å². The molecule has 1 atom stereocenters. The van der Waals surface area contributed by atoms with Gasteiger partial charge in [-0.1, -0.05) is 67.2 Å². The Morgan fingerprint density at radius 1 is 1.04 bits per heavy atom. The van der Waals surface area contributed by atoms with Crippen LogP contribution in [0.25, 0.3) is 0 Å². The fourth-order valence-electron chi connectivity index (χ4n) is 2.00. The Hall–Kier alpha value is -3.08. The smallest absolute Gasteiger partial charge is 0.407 e. The fraction of sp³-hybridized carbons (Fsp3) is 0.158. The van der Waals surface area contributed by atoms with E-state index in [2.05, 4.69) is 11.9 Å². The van der Waals surface area contributed by atoms with Gasteiger partial charge in [0.1, 0.15) is 19.3 Å². The standard InChI is InChI=1S/C19H19NO4/c1-2-17(16-11-7-4-8-12-16)24-18(21)13-20-19(22)23-14-15-9-5-3-6-10-15/h2-12,17H,1,13-14H2,(H,20,22)/t17-/m0/s1. The van der Waals surface area contributed by atoms with Crippen molar-refractivity contribution in [1.82, 2.24) is 5.32 Å². The third-order valence-corrected chi connectivity index (χ3v) is 3.19. The highest BCUT2D eigenvalue weighted by Crippen LogP contribution is 2.17. The Balaban J connectivity index is 1.74. The van der Waals surface area contributed by atoms with Crippen molar-refractivity contribution in [2.24, 2.45) is 0 Å². The highest BCUT2D eigenvalue weighted by molar-refractivity contribution is 5.78. The molecule has 0 aromatic heterocycles. The predicted octanol–water partition coefficient (Wildman–Crippen LogP) is 3.38. The van der Waals surface area contributed by atoms with Crippen LogP contribution >= 0.6 is 0 Å². The van der Waals surface area contributed by atoms with Crippen molar-refractivity contribution in [1.29, 1.82) is 0 Å². The Morgan fingerprint density at radius 3 is 2.29 bits per heavy atom. The minimum atomic E-state index is -0.675. The predicted molar refractivity (Wildman–Crippen MR) is 90.1 cm³/mol. The summed E-state index contributed by atoms with van der Waals surface area (Å²) in [5.74, 6) is -0.569. The Bertz CT molecular complexity index is 670. The zero-order chi connectivity index (χ0) is 17.2. The van der Waals surface area contributed by atoms with Crippen LogP contribution in [-0.4, -0.2) is 18.6 Å². The van der Waals surface area contributed by atoms with Gasteiger partial charge in [-0.15, -0.1) is 0 Å². The number of hydrogen-bond acceptors (Lipinski definition) is 4. The van der Waals surface area contributed by atoms with Crippen LogP contribution in [-0.2, 0) is 20.9 Å². The SMILES string of the molecule is C=C[C@H](OC(=O)CNC(=O)OCc1ccccc1)c1ccccc1. The quantitative estimate of drug-likeness (QED) is 0.626. The molecule has 0 aliphatic rings. The molecule has 5 nitrogen and oxygen atoms in total. The first-order valence-corrected chi connectivity index (χ1v) is 7.50. The van der Waals surface area contributed by atoms with Gasteiger partial charge in [0, 0.05) is 0 Å². The van der Waals surface area contributed by atoms with Crippen LogP contribution in [0.15, 0.2) is 73.3 Å². The van der Waals surface area contributed by atoms with Gasteiger partial charge in [0.2, 0.25) is 0 Å². The van der Waals surface area contributed by atoms with Crippen LogP contribution in [0.1, 0.15) is 17.2 Å². The van der Waals surface area contributed by atoms with Crippen LogP contribution in [0.2, 0.25) is 0 Å². The topological polar surface area (TPSA) is 64.6 Å². The van der Waals surface area contributed by atoms with E-state index in [1.165, 1.54) is 6.08 Å². The number of carbonyl (C=O) groups is 2. The molecule has 0 radical (unpaired) electrons. The van der Waals surface area contributed by atoms with Crippen molar-refractivity contribution in [3.8, 4) is 0 Å². The number of rotatable bonds is 7. The maximum Gasteiger partial charge on any atom is 0.407 e. The number of alkyl carbamates (subject to hydrolysis) is 1. The molecule has 24 heavy (non-hydrogen) atoms. The van der Waals surface area contributed by atoms with Crippen molar-refractivity contribution in [2.75, 3.05) is 6.54 Å². The van der Waals surface area contributed by atoms with Gasteiger partial charge in [0.25, 0.3) is 0 Å². The lowest BCUT2D eigenvalue weighted by molar-refractivity contribution is -0.146. The van der Waals surface area contributed by atoms with E-state index >= 15 is 0 Å². The second kappa shape index (κ2) is 9.15. The van der Waals surface area contributed by atoms with Crippen molar-refractivity contribution in [2.45, 2.75) is 12.7 Å². The molecule has 0 aliphatic carbocycles. The van der Waals surface area contributed by atoms with E-state index in [1.807, 2.05) is 60.7 Å². The van der Waals surface area contributed by atoms with Crippen LogP contribution < -0.4 is 5.32 Å². The number of ether oxygens (including phenoxy) is 2. The normalized spacial score (nSPS) is 11.2. The lowest BCUT2D eigenvalue weighted by Gasteiger charge is -2.14. The molecule has 2 aromatic carbocycles. The summed E-state index contributed by atoms with van der Waals surface area (Å²) in [6.07, 6.45) is 0.299. The molecule has 0 spiro atoms. The summed E-state index contributed by atoms with van der Waals surface area (Å²) in [6.45, 7) is 3.53. The van der Waals surface area contributed by atoms with E-state index in [4.69, 9.17) is 9.47 Å². The molecule has 0 saturated carbocycles. The molecule has 5 heteroatoms. The maximum atomic E-state index is 11.8. The molecule has 0 fully saturated rings. The first kappa shape index (κ1) is 17.3. The zero-order valence-corrected chi connectivity index (χ0v) is 13.2. The van der Waals surface area contributed by atoms with Gasteiger partial charge in [0.15, 0.2) is 0 Å². The summed E-state index contributed by atoms with van der Waals surface area (Å²) >= 11 is 0. The molecular weight excluding hydrogens is 306 g/mol. The van der Waals surface area contributed by atoms with Crippen molar-refractivity contribution >= 4 is 12.1 Å². The molecule has 0 saturated heterocycles. The average Bonchev–Trinajstić information content (AvgIpc) is 2.64. The van der Waals surface area contributed by atoms with E-state index < -0.39 is 18.2 Å². The van der Waals surface area contributed by atoms with Crippen molar-refractivity contribution in [3.63, 3.8) is 0 Å². The van der Waals surface area contributed by atoms with Gasteiger partial charge < -0.3 is 14.8 Å². The Kier molecular flexibility index (Phi) is 6.58. The van der Waals surface area contributed by atoms with E-state index in [0.29, 0.717) is 0 Å². The Labute approximate surface area is 140 Å². The molecule has 2 rings (SSSR count). The highest BCUT2D eigenvalue weighted by Gasteiger charge is 2.14. The van der Waals surface area contributed by atoms with E-state index in [-0.39, 0.29) is 13.2 Å². The van der Waals surface area contributed by atoms with Crippen LogP contribution in [0.3, 0.4) is 0 Å². The number of benzene rings is 2. The summed E-state index contributed by atoms with van der Waals surface area (Å²) in [5.41, 5.74) is 1.68. The molecule has 1 amide bonds. The van der Waals surface area contributed by atoms with Gasteiger partial charge in [-0.3, -0.25) is 4.79 Å². The Morgan fingerprint density at radius 2 is 1.67 bits per heavy atom. The molecule has 0 heterocycles. The first-order chi connectivity index (χ1) is 11.7. The van der Waals surface area contributed by atoms with Crippen LogP contribution in [0.5, 0.6) is 0 Å². The molecule has 0 aliphatic heterocycles. The number of esters is 1. The third-order valence-electron chi connectivity index (χ3n) is 3.19. The molecule has 2 aromatic rings. The summed E-state index contributed by atoms with van der Waals surface area (Å²) < 4.78 is 10.3.